The Balaban J connectivity index is 1.78. The topological polar surface area (TPSA) is 58.6 Å². The Hall–Kier alpha value is -2.40. The SMILES string of the molecule is CC(C)(C)OC(=O)N1C(=O)c2cc(C3CCCNC3)cc3cccc1c23. The van der Waals surface area contributed by atoms with E-state index < -0.39 is 11.7 Å². The largest absolute Gasteiger partial charge is 0.443 e. The van der Waals surface area contributed by atoms with Crippen molar-refractivity contribution in [3.63, 3.8) is 0 Å². The van der Waals surface area contributed by atoms with Gasteiger partial charge in [0.15, 0.2) is 0 Å². The number of imide groups is 1. The van der Waals surface area contributed by atoms with E-state index in [0.29, 0.717) is 17.2 Å². The van der Waals surface area contributed by atoms with Crippen LogP contribution >= 0.6 is 0 Å². The van der Waals surface area contributed by atoms with Crippen molar-refractivity contribution in [1.82, 2.24) is 5.32 Å². The van der Waals surface area contributed by atoms with Gasteiger partial charge in [0, 0.05) is 11.9 Å². The van der Waals surface area contributed by atoms with E-state index in [-0.39, 0.29) is 5.91 Å². The normalized spacial score (nSPS) is 19.9. The molecule has 2 aromatic carbocycles. The van der Waals surface area contributed by atoms with Crippen LogP contribution in [0.1, 0.15) is 55.5 Å². The third kappa shape index (κ3) is 2.86. The van der Waals surface area contributed by atoms with E-state index in [2.05, 4.69) is 11.4 Å². The smallest absolute Gasteiger partial charge is 0.422 e. The second-order valence-corrected chi connectivity index (χ2v) is 8.11. The van der Waals surface area contributed by atoms with E-state index in [4.69, 9.17) is 4.74 Å². The molecule has 0 saturated carbocycles. The van der Waals surface area contributed by atoms with Crippen LogP contribution in [0.4, 0.5) is 10.5 Å². The average molecular weight is 352 g/mol. The molecule has 26 heavy (non-hydrogen) atoms. The van der Waals surface area contributed by atoms with Crippen molar-refractivity contribution in [1.29, 1.82) is 0 Å². The highest BCUT2D eigenvalue weighted by Gasteiger charge is 2.37. The predicted octanol–water partition coefficient (Wildman–Crippen LogP) is 4.20. The number of carbonyl (C=O) groups is 2. The fourth-order valence-electron chi connectivity index (χ4n) is 3.88. The highest BCUT2D eigenvalue weighted by molar-refractivity contribution is 6.32. The van der Waals surface area contributed by atoms with Gasteiger partial charge in [-0.3, -0.25) is 4.79 Å². The molecule has 0 radical (unpaired) electrons. The molecule has 1 saturated heterocycles. The van der Waals surface area contributed by atoms with Crippen molar-refractivity contribution >= 4 is 28.5 Å². The molecular formula is C21H24N2O3. The van der Waals surface area contributed by atoms with Gasteiger partial charge in [-0.25, -0.2) is 9.69 Å². The Morgan fingerprint density at radius 2 is 2.08 bits per heavy atom. The minimum atomic E-state index is -0.654. The van der Waals surface area contributed by atoms with Gasteiger partial charge in [0.2, 0.25) is 0 Å². The fraction of sp³-hybridized carbons (Fsp3) is 0.429. The van der Waals surface area contributed by atoms with Crippen LogP contribution in [0.2, 0.25) is 0 Å². The molecule has 1 unspecified atom stereocenters. The minimum absolute atomic E-state index is 0.295. The van der Waals surface area contributed by atoms with Crippen LogP contribution in [-0.4, -0.2) is 30.7 Å². The molecule has 0 aromatic heterocycles. The standard InChI is InChI=1S/C21H24N2O3/c1-21(2,3)26-20(25)23-17-8-4-6-13-10-15(14-7-5-9-22-12-14)11-16(18(13)17)19(23)24/h4,6,8,10-11,14,22H,5,7,9,12H2,1-3H3. The predicted molar refractivity (Wildman–Crippen MR) is 102 cm³/mol. The van der Waals surface area contributed by atoms with Gasteiger partial charge < -0.3 is 10.1 Å². The zero-order valence-electron chi connectivity index (χ0n) is 15.5. The van der Waals surface area contributed by atoms with E-state index in [1.807, 2.05) is 24.3 Å². The molecule has 2 aromatic rings. The summed E-state index contributed by atoms with van der Waals surface area (Å²) in [7, 11) is 0. The number of hydrogen-bond donors (Lipinski definition) is 1. The Labute approximate surface area is 153 Å². The van der Waals surface area contributed by atoms with Gasteiger partial charge in [-0.1, -0.05) is 18.2 Å². The molecule has 2 aliphatic rings. The molecule has 2 heterocycles. The lowest BCUT2D eigenvalue weighted by Crippen LogP contribution is -2.38. The first-order chi connectivity index (χ1) is 12.3. The quantitative estimate of drug-likeness (QED) is 0.835. The first-order valence-electron chi connectivity index (χ1n) is 9.20. The number of rotatable bonds is 1. The molecule has 1 N–H and O–H groups in total. The lowest BCUT2D eigenvalue weighted by molar-refractivity contribution is 0.0567. The van der Waals surface area contributed by atoms with E-state index >= 15 is 0 Å². The number of hydrogen-bond acceptors (Lipinski definition) is 4. The number of benzene rings is 2. The van der Waals surface area contributed by atoms with Crippen molar-refractivity contribution in [3.05, 3.63) is 41.5 Å². The van der Waals surface area contributed by atoms with Gasteiger partial charge in [-0.05, 0) is 69.2 Å². The van der Waals surface area contributed by atoms with E-state index in [1.165, 1.54) is 4.90 Å². The fourth-order valence-corrected chi connectivity index (χ4v) is 3.88. The molecule has 5 heteroatoms. The summed E-state index contributed by atoms with van der Waals surface area (Å²) in [6.07, 6.45) is 1.63. The van der Waals surface area contributed by atoms with Gasteiger partial charge >= 0.3 is 6.09 Å². The maximum absolute atomic E-state index is 13.0. The third-order valence-corrected chi connectivity index (χ3v) is 5.00. The number of piperidine rings is 1. The first-order valence-corrected chi connectivity index (χ1v) is 9.20. The minimum Gasteiger partial charge on any atom is -0.443 e. The number of nitrogens with zero attached hydrogens (tertiary/aromatic N) is 1. The van der Waals surface area contributed by atoms with E-state index in [9.17, 15) is 9.59 Å². The number of nitrogens with one attached hydrogen (secondary N) is 1. The molecule has 2 aliphatic heterocycles. The summed E-state index contributed by atoms with van der Waals surface area (Å²) in [5.41, 5.74) is 1.73. The van der Waals surface area contributed by atoms with E-state index in [0.717, 1.165) is 42.3 Å². The summed E-state index contributed by atoms with van der Waals surface area (Å²) >= 11 is 0. The molecule has 5 nitrogen and oxygen atoms in total. The zero-order chi connectivity index (χ0) is 18.5. The lowest BCUT2D eigenvalue weighted by Gasteiger charge is -2.24. The molecule has 0 aliphatic carbocycles. The zero-order valence-corrected chi connectivity index (χ0v) is 15.5. The summed E-state index contributed by atoms with van der Waals surface area (Å²) in [4.78, 5) is 26.9. The summed E-state index contributed by atoms with van der Waals surface area (Å²) in [6.45, 7) is 7.37. The van der Waals surface area contributed by atoms with Gasteiger partial charge in [-0.2, -0.15) is 0 Å². The van der Waals surface area contributed by atoms with Gasteiger partial charge in [0.05, 0.1) is 11.3 Å². The van der Waals surface area contributed by atoms with E-state index in [1.54, 1.807) is 20.8 Å². The van der Waals surface area contributed by atoms with Crippen LogP contribution in [0.25, 0.3) is 10.8 Å². The maximum Gasteiger partial charge on any atom is 0.422 e. The summed E-state index contributed by atoms with van der Waals surface area (Å²) in [5.74, 6) is 0.104. The van der Waals surface area contributed by atoms with Gasteiger partial charge in [-0.15, -0.1) is 0 Å². The van der Waals surface area contributed by atoms with Crippen LogP contribution in [0.3, 0.4) is 0 Å². The third-order valence-electron chi connectivity index (χ3n) is 5.00. The molecule has 4 rings (SSSR count). The molecular weight excluding hydrogens is 328 g/mol. The highest BCUT2D eigenvalue weighted by atomic mass is 16.6. The number of anilines is 1. The number of ether oxygens (including phenoxy) is 1. The molecule has 1 fully saturated rings. The summed E-state index contributed by atoms with van der Waals surface area (Å²) in [6, 6.07) is 9.83. The number of carbonyl (C=O) groups excluding carboxylic acids is 2. The van der Waals surface area contributed by atoms with Crippen molar-refractivity contribution in [2.45, 2.75) is 45.1 Å². The second-order valence-electron chi connectivity index (χ2n) is 8.11. The van der Waals surface area contributed by atoms with Crippen molar-refractivity contribution < 1.29 is 14.3 Å². The van der Waals surface area contributed by atoms with Gasteiger partial charge in [0.1, 0.15) is 5.60 Å². The van der Waals surface area contributed by atoms with Crippen LogP contribution in [0.15, 0.2) is 30.3 Å². The van der Waals surface area contributed by atoms with Crippen molar-refractivity contribution in [2.24, 2.45) is 0 Å². The molecule has 2 amide bonds. The Kier molecular flexibility index (Phi) is 3.99. The summed E-state index contributed by atoms with van der Waals surface area (Å²) in [5, 5.41) is 5.27. The lowest BCUT2D eigenvalue weighted by atomic mass is 9.88. The Morgan fingerprint density at radius 1 is 1.27 bits per heavy atom. The Morgan fingerprint density at radius 3 is 2.77 bits per heavy atom. The highest BCUT2D eigenvalue weighted by Crippen LogP contribution is 2.40. The summed E-state index contributed by atoms with van der Waals surface area (Å²) < 4.78 is 5.46. The molecule has 1 atom stereocenters. The molecule has 0 bridgehead atoms. The van der Waals surface area contributed by atoms with Crippen LogP contribution in [0, 0.1) is 0 Å². The first kappa shape index (κ1) is 17.0. The average Bonchev–Trinajstić information content (AvgIpc) is 2.88. The van der Waals surface area contributed by atoms with Crippen molar-refractivity contribution in [3.8, 4) is 0 Å². The van der Waals surface area contributed by atoms with Crippen LogP contribution < -0.4 is 10.2 Å². The van der Waals surface area contributed by atoms with Gasteiger partial charge in [0.25, 0.3) is 5.91 Å². The Bertz CT molecular complexity index is 892. The van der Waals surface area contributed by atoms with Crippen LogP contribution in [0.5, 0.6) is 0 Å². The second kappa shape index (κ2) is 6.09. The maximum atomic E-state index is 13.0. The molecule has 136 valence electrons. The van der Waals surface area contributed by atoms with Crippen LogP contribution in [-0.2, 0) is 4.74 Å². The molecule has 0 spiro atoms. The number of amides is 2. The van der Waals surface area contributed by atoms with Crippen molar-refractivity contribution in [2.75, 3.05) is 18.0 Å². The monoisotopic (exact) mass is 352 g/mol.